The summed E-state index contributed by atoms with van der Waals surface area (Å²) in [4.78, 5) is 26.8. The lowest BCUT2D eigenvalue weighted by atomic mass is 10.1. The summed E-state index contributed by atoms with van der Waals surface area (Å²) < 4.78 is 25.6. The summed E-state index contributed by atoms with van der Waals surface area (Å²) in [6, 6.07) is 8.91. The van der Waals surface area contributed by atoms with Crippen LogP contribution in [0, 0.1) is 6.92 Å². The Balaban J connectivity index is 1.45. The first-order chi connectivity index (χ1) is 13.8. The highest BCUT2D eigenvalue weighted by molar-refractivity contribution is 7.92. The van der Waals surface area contributed by atoms with E-state index in [-0.39, 0.29) is 5.91 Å². The van der Waals surface area contributed by atoms with Gasteiger partial charge >= 0.3 is 0 Å². The van der Waals surface area contributed by atoms with Gasteiger partial charge in [0.15, 0.2) is 5.13 Å². The maximum atomic E-state index is 12.9. The highest BCUT2D eigenvalue weighted by atomic mass is 32.2. The highest BCUT2D eigenvalue weighted by Gasteiger charge is 2.24. The second-order valence-corrected chi connectivity index (χ2v) is 9.71. The van der Waals surface area contributed by atoms with E-state index in [2.05, 4.69) is 19.6 Å². The highest BCUT2D eigenvalue weighted by Crippen LogP contribution is 2.28. The number of aromatic nitrogens is 2. The lowest BCUT2D eigenvalue weighted by Crippen LogP contribution is -2.48. The van der Waals surface area contributed by atoms with E-state index in [9.17, 15) is 13.2 Å². The van der Waals surface area contributed by atoms with Crippen molar-refractivity contribution in [2.45, 2.75) is 6.92 Å². The Bertz CT molecular complexity index is 1130. The van der Waals surface area contributed by atoms with Crippen molar-refractivity contribution in [1.29, 1.82) is 0 Å². The molecule has 152 valence electrons. The molecule has 10 heteroatoms. The molecule has 0 saturated carbocycles. The summed E-state index contributed by atoms with van der Waals surface area (Å²) in [7, 11) is -3.41. The van der Waals surface area contributed by atoms with Crippen LogP contribution in [0.15, 0.2) is 36.5 Å². The maximum absolute atomic E-state index is 12.9. The molecule has 0 radical (unpaired) electrons. The first-order valence-corrected chi connectivity index (χ1v) is 11.9. The van der Waals surface area contributed by atoms with Gasteiger partial charge < -0.3 is 9.80 Å². The number of hydrogen-bond donors (Lipinski definition) is 1. The summed E-state index contributed by atoms with van der Waals surface area (Å²) in [5.41, 5.74) is 2.55. The first-order valence-electron chi connectivity index (χ1n) is 9.14. The topological polar surface area (TPSA) is 95.5 Å². The average Bonchev–Trinajstić information content (AvgIpc) is 3.12. The number of rotatable bonds is 4. The van der Waals surface area contributed by atoms with Gasteiger partial charge in [-0.1, -0.05) is 17.4 Å². The Labute approximate surface area is 173 Å². The zero-order valence-electron chi connectivity index (χ0n) is 16.1. The number of benzene rings is 1. The van der Waals surface area contributed by atoms with Crippen molar-refractivity contribution in [3.8, 4) is 0 Å². The molecule has 1 N–H and O–H groups in total. The number of pyridine rings is 1. The molecule has 0 aliphatic carbocycles. The molecule has 1 aliphatic heterocycles. The van der Waals surface area contributed by atoms with E-state index >= 15 is 0 Å². The van der Waals surface area contributed by atoms with Crippen molar-refractivity contribution in [3.05, 3.63) is 47.7 Å². The number of aryl methyl sites for hydroxylation is 1. The third-order valence-electron chi connectivity index (χ3n) is 4.77. The smallest absolute Gasteiger partial charge is 0.254 e. The minimum Gasteiger partial charge on any atom is -0.344 e. The molecule has 1 aromatic carbocycles. The van der Waals surface area contributed by atoms with E-state index < -0.39 is 10.0 Å². The molecule has 8 nitrogen and oxygen atoms in total. The van der Waals surface area contributed by atoms with Crippen molar-refractivity contribution >= 4 is 48.4 Å². The monoisotopic (exact) mass is 431 g/mol. The van der Waals surface area contributed by atoms with Gasteiger partial charge in [0.2, 0.25) is 10.0 Å². The second kappa shape index (κ2) is 7.60. The van der Waals surface area contributed by atoms with Crippen molar-refractivity contribution < 1.29 is 13.2 Å². The largest absolute Gasteiger partial charge is 0.344 e. The molecular weight excluding hydrogens is 410 g/mol. The van der Waals surface area contributed by atoms with Crippen LogP contribution < -0.4 is 9.62 Å². The van der Waals surface area contributed by atoms with Crippen molar-refractivity contribution in [3.63, 3.8) is 0 Å². The van der Waals surface area contributed by atoms with Gasteiger partial charge in [0.05, 0.1) is 11.9 Å². The summed E-state index contributed by atoms with van der Waals surface area (Å²) >= 11 is 1.55. The van der Waals surface area contributed by atoms with Crippen LogP contribution in [0.2, 0.25) is 0 Å². The molecule has 1 amide bonds. The predicted octanol–water partition coefficient (Wildman–Crippen LogP) is 2.33. The number of nitrogens with one attached hydrogen (secondary N) is 1. The quantitative estimate of drug-likeness (QED) is 0.681. The van der Waals surface area contributed by atoms with Crippen LogP contribution in [0.5, 0.6) is 0 Å². The van der Waals surface area contributed by atoms with E-state index in [1.54, 1.807) is 47.6 Å². The lowest BCUT2D eigenvalue weighted by Gasteiger charge is -2.34. The number of fused-ring (bicyclic) bond motifs is 1. The molecule has 0 unspecified atom stereocenters. The molecular formula is C19H21N5O3S2. The van der Waals surface area contributed by atoms with Gasteiger partial charge in [-0.2, -0.15) is 0 Å². The summed E-state index contributed by atoms with van der Waals surface area (Å²) in [5, 5.41) is 0.917. The van der Waals surface area contributed by atoms with E-state index in [4.69, 9.17) is 0 Å². The van der Waals surface area contributed by atoms with Gasteiger partial charge in [-0.15, -0.1) is 0 Å². The van der Waals surface area contributed by atoms with Crippen LogP contribution in [0.1, 0.15) is 15.9 Å². The fourth-order valence-electron chi connectivity index (χ4n) is 3.24. The summed E-state index contributed by atoms with van der Waals surface area (Å²) in [6.07, 6.45) is 2.85. The van der Waals surface area contributed by atoms with Crippen LogP contribution in [-0.2, 0) is 10.0 Å². The van der Waals surface area contributed by atoms with Crippen LogP contribution in [-0.4, -0.2) is 61.6 Å². The van der Waals surface area contributed by atoms with Crippen molar-refractivity contribution in [2.75, 3.05) is 42.1 Å². The Morgan fingerprint density at radius 2 is 1.93 bits per heavy atom. The Hall–Kier alpha value is -2.72. The minimum absolute atomic E-state index is 0.104. The third kappa shape index (κ3) is 4.33. The zero-order chi connectivity index (χ0) is 20.6. The van der Waals surface area contributed by atoms with Crippen LogP contribution >= 0.6 is 11.3 Å². The number of nitrogens with zero attached hydrogens (tertiary/aromatic N) is 4. The molecule has 0 bridgehead atoms. The molecule has 2 aromatic heterocycles. The maximum Gasteiger partial charge on any atom is 0.254 e. The number of hydrogen-bond acceptors (Lipinski definition) is 7. The van der Waals surface area contributed by atoms with E-state index in [1.165, 1.54) is 0 Å². The fraction of sp³-hybridized carbons (Fsp3) is 0.316. The normalized spacial score (nSPS) is 15.0. The molecule has 0 atom stereocenters. The molecule has 0 spiro atoms. The number of thiazole rings is 1. The van der Waals surface area contributed by atoms with E-state index in [0.717, 1.165) is 27.3 Å². The van der Waals surface area contributed by atoms with Gasteiger partial charge in [-0.25, -0.2) is 18.4 Å². The number of carbonyl (C=O) groups is 1. The van der Waals surface area contributed by atoms with Gasteiger partial charge in [0.1, 0.15) is 10.3 Å². The second-order valence-electron chi connectivity index (χ2n) is 7.01. The number of sulfonamides is 1. The Morgan fingerprint density at radius 3 is 2.62 bits per heavy atom. The van der Waals surface area contributed by atoms with Crippen molar-refractivity contribution in [2.24, 2.45) is 0 Å². The van der Waals surface area contributed by atoms with Crippen LogP contribution in [0.3, 0.4) is 0 Å². The minimum atomic E-state index is -3.41. The number of anilines is 2. The van der Waals surface area contributed by atoms with Crippen molar-refractivity contribution in [1.82, 2.24) is 14.9 Å². The van der Waals surface area contributed by atoms with Crippen LogP contribution in [0.4, 0.5) is 10.8 Å². The molecule has 4 rings (SSSR count). The third-order valence-corrected chi connectivity index (χ3v) is 6.40. The van der Waals surface area contributed by atoms with Gasteiger partial charge in [0, 0.05) is 37.9 Å². The van der Waals surface area contributed by atoms with E-state index in [1.807, 2.05) is 12.1 Å². The number of carbonyl (C=O) groups excluding carboxylic acids is 1. The molecule has 29 heavy (non-hydrogen) atoms. The molecule has 1 fully saturated rings. The fourth-order valence-corrected chi connectivity index (χ4v) is 4.82. The molecule has 3 heterocycles. The Kier molecular flexibility index (Phi) is 5.13. The van der Waals surface area contributed by atoms with Crippen LogP contribution in [0.25, 0.3) is 10.3 Å². The Morgan fingerprint density at radius 1 is 1.17 bits per heavy atom. The summed E-state index contributed by atoms with van der Waals surface area (Å²) in [5.74, 6) is -0.104. The summed E-state index contributed by atoms with van der Waals surface area (Å²) in [6.45, 7) is 4.32. The lowest BCUT2D eigenvalue weighted by molar-refractivity contribution is 0.0747. The number of piperazine rings is 1. The zero-order valence-corrected chi connectivity index (χ0v) is 17.8. The molecule has 1 saturated heterocycles. The van der Waals surface area contributed by atoms with Gasteiger partial charge in [-0.3, -0.25) is 9.52 Å². The first kappa shape index (κ1) is 19.6. The van der Waals surface area contributed by atoms with E-state index in [0.29, 0.717) is 37.4 Å². The standard InChI is InChI=1S/C19H21N5O3S2/c1-13-5-6-14(12-16(13)22-29(2,26)27)18(25)23-8-10-24(11-9-23)19-21-15-4-3-7-20-17(15)28-19/h3-7,12,22H,8-11H2,1-2H3. The molecule has 3 aromatic rings. The average molecular weight is 432 g/mol. The number of amides is 1. The van der Waals surface area contributed by atoms with Gasteiger partial charge in [0.25, 0.3) is 5.91 Å². The predicted molar refractivity (Wildman–Crippen MR) is 115 cm³/mol. The molecule has 1 aliphatic rings. The SMILES string of the molecule is Cc1ccc(C(=O)N2CCN(c3nc4cccnc4s3)CC2)cc1NS(C)(=O)=O. The van der Waals surface area contributed by atoms with Gasteiger partial charge in [-0.05, 0) is 36.8 Å².